The Kier molecular flexibility index (Phi) is 6.99. The van der Waals surface area contributed by atoms with E-state index in [1.165, 1.54) is 21.8 Å². The molecule has 232 valence electrons. The number of rotatable bonds is 4. The highest BCUT2D eigenvalue weighted by Crippen LogP contribution is 2.45. The van der Waals surface area contributed by atoms with Crippen LogP contribution in [0.5, 0.6) is 5.75 Å². The van der Waals surface area contributed by atoms with Crippen molar-refractivity contribution >= 4 is 96.6 Å². The Labute approximate surface area is 294 Å². The fourth-order valence-corrected chi connectivity index (χ4v) is 7.89. The maximum Gasteiger partial charge on any atom is 0.145 e. The van der Waals surface area contributed by atoms with Crippen molar-refractivity contribution in [3.63, 3.8) is 0 Å². The number of para-hydroxylation sites is 2. The van der Waals surface area contributed by atoms with Gasteiger partial charge in [0.15, 0.2) is 0 Å². The SMILES string of the molecule is Bc1c(B)c(B)c(-c2c3ccccc3c(-c3ccc(-c4nc5ccccc5n4-c4ccc5ccccc5c4)cc3)c3ccccc23)c(O)c1B. The number of phenolic OH excluding ortho intramolecular Hbond substituents is 1. The lowest BCUT2D eigenvalue weighted by atomic mass is 9.63. The average molecular weight is 636 g/mol. The first-order valence-electron chi connectivity index (χ1n) is 17.2. The Hall–Kier alpha value is -5.93. The lowest BCUT2D eigenvalue weighted by Crippen LogP contribution is -2.48. The van der Waals surface area contributed by atoms with E-state index in [4.69, 9.17) is 4.98 Å². The highest BCUT2D eigenvalue weighted by Gasteiger charge is 2.22. The number of nitrogens with zero attached hydrogens (tertiary/aromatic N) is 2. The molecule has 3 nitrogen and oxygen atoms in total. The summed E-state index contributed by atoms with van der Waals surface area (Å²) >= 11 is 0. The molecular formula is C43H32B4N2O. The number of aromatic nitrogens is 2. The first-order chi connectivity index (χ1) is 24.4. The number of phenols is 1. The molecule has 1 heterocycles. The van der Waals surface area contributed by atoms with Crippen molar-refractivity contribution in [1.29, 1.82) is 0 Å². The highest BCUT2D eigenvalue weighted by molar-refractivity contribution is 6.64. The van der Waals surface area contributed by atoms with E-state index < -0.39 is 0 Å². The molecule has 9 rings (SSSR count). The van der Waals surface area contributed by atoms with Crippen molar-refractivity contribution in [3.8, 4) is 45.1 Å². The summed E-state index contributed by atoms with van der Waals surface area (Å²) < 4.78 is 2.27. The summed E-state index contributed by atoms with van der Waals surface area (Å²) in [4.78, 5) is 5.16. The minimum Gasteiger partial charge on any atom is -0.508 e. The molecular weight excluding hydrogens is 604 g/mol. The quantitative estimate of drug-likeness (QED) is 0.232. The molecule has 0 aliphatic heterocycles. The van der Waals surface area contributed by atoms with E-state index in [1.54, 1.807) is 0 Å². The Morgan fingerprint density at radius 1 is 0.460 bits per heavy atom. The van der Waals surface area contributed by atoms with Gasteiger partial charge >= 0.3 is 0 Å². The van der Waals surface area contributed by atoms with Crippen LogP contribution < -0.4 is 21.9 Å². The summed E-state index contributed by atoms with van der Waals surface area (Å²) in [7, 11) is 8.42. The summed E-state index contributed by atoms with van der Waals surface area (Å²) in [5, 5.41) is 18.7. The molecule has 0 atom stereocenters. The smallest absolute Gasteiger partial charge is 0.145 e. The van der Waals surface area contributed by atoms with E-state index in [1.807, 2.05) is 13.9 Å². The van der Waals surface area contributed by atoms with E-state index in [0.29, 0.717) is 5.75 Å². The van der Waals surface area contributed by atoms with Crippen molar-refractivity contribution < 1.29 is 5.11 Å². The molecule has 0 saturated heterocycles. The van der Waals surface area contributed by atoms with Gasteiger partial charge in [0, 0.05) is 22.4 Å². The second-order valence-corrected chi connectivity index (χ2v) is 13.4. The van der Waals surface area contributed by atoms with Crippen molar-refractivity contribution in [2.24, 2.45) is 0 Å². The minimum absolute atomic E-state index is 0.368. The number of imidazole rings is 1. The van der Waals surface area contributed by atoms with Gasteiger partial charge in [0.2, 0.25) is 0 Å². The molecule has 7 heteroatoms. The molecule has 0 aliphatic carbocycles. The summed E-state index contributed by atoms with van der Waals surface area (Å²) in [5.41, 5.74) is 12.9. The third kappa shape index (κ3) is 4.54. The normalized spacial score (nSPS) is 11.6. The van der Waals surface area contributed by atoms with Crippen LogP contribution in [-0.2, 0) is 0 Å². The van der Waals surface area contributed by atoms with Gasteiger partial charge in [-0.25, -0.2) is 4.98 Å². The second kappa shape index (κ2) is 11.6. The zero-order valence-electron chi connectivity index (χ0n) is 28.6. The second-order valence-electron chi connectivity index (χ2n) is 13.4. The first kappa shape index (κ1) is 30.2. The van der Waals surface area contributed by atoms with E-state index in [9.17, 15) is 5.11 Å². The fraction of sp³-hybridized carbons (Fsp3) is 0. The molecule has 0 amide bonds. The van der Waals surface area contributed by atoms with Gasteiger partial charge in [0.05, 0.1) is 11.0 Å². The van der Waals surface area contributed by atoms with Crippen LogP contribution in [0.2, 0.25) is 0 Å². The molecule has 0 aliphatic rings. The van der Waals surface area contributed by atoms with Crippen LogP contribution in [0.1, 0.15) is 0 Å². The highest BCUT2D eigenvalue weighted by atomic mass is 16.3. The van der Waals surface area contributed by atoms with Crippen LogP contribution in [0.4, 0.5) is 0 Å². The van der Waals surface area contributed by atoms with E-state index in [0.717, 1.165) is 82.7 Å². The number of hydrogen-bond acceptors (Lipinski definition) is 2. The predicted octanol–water partition coefficient (Wildman–Crippen LogP) is 4.23. The monoisotopic (exact) mass is 636 g/mol. The summed E-state index contributed by atoms with van der Waals surface area (Å²) in [5.74, 6) is 1.28. The van der Waals surface area contributed by atoms with Gasteiger partial charge in [0.1, 0.15) is 43.0 Å². The predicted molar refractivity (Wildman–Crippen MR) is 224 cm³/mol. The first-order valence-corrected chi connectivity index (χ1v) is 17.2. The Bertz CT molecular complexity index is 2740. The summed E-state index contributed by atoms with van der Waals surface area (Å²) in [6.07, 6.45) is 0. The number of hydrogen-bond donors (Lipinski definition) is 1. The molecule has 1 aromatic heterocycles. The van der Waals surface area contributed by atoms with Gasteiger partial charge in [-0.1, -0.05) is 132 Å². The third-order valence-corrected chi connectivity index (χ3v) is 10.8. The zero-order chi connectivity index (χ0) is 34.1. The van der Waals surface area contributed by atoms with Crippen LogP contribution in [0.3, 0.4) is 0 Å². The molecule has 9 aromatic rings. The summed E-state index contributed by atoms with van der Waals surface area (Å²) in [6.45, 7) is 0. The number of aromatic hydroxyl groups is 1. The number of fused-ring (bicyclic) bond motifs is 4. The average Bonchev–Trinajstić information content (AvgIpc) is 3.56. The van der Waals surface area contributed by atoms with Gasteiger partial charge < -0.3 is 5.11 Å². The summed E-state index contributed by atoms with van der Waals surface area (Å²) in [6, 6.07) is 49.6. The van der Waals surface area contributed by atoms with Gasteiger partial charge in [-0.2, -0.15) is 0 Å². The Morgan fingerprint density at radius 3 is 1.68 bits per heavy atom. The molecule has 0 unspecified atom stereocenters. The standard InChI is InChI=1S/C43H32B4N2O/c44-38-37(42(50)41(47)40(46)39(38)45)36-31-13-5-3-11-29(31)35(30-12-4-6-14-32(30)36)25-17-19-26(20-18-25)43-48-33-15-7-8-16-34(33)49(43)28-22-21-24-9-1-2-10-27(24)23-28/h1-23,50H,44-47H2. The van der Waals surface area contributed by atoms with Gasteiger partial charge in [-0.15, -0.1) is 5.46 Å². The number of benzene rings is 8. The van der Waals surface area contributed by atoms with Crippen molar-refractivity contribution in [2.75, 3.05) is 0 Å². The lowest BCUT2D eigenvalue weighted by molar-refractivity contribution is 0.482. The molecule has 0 saturated carbocycles. The largest absolute Gasteiger partial charge is 0.508 e. The van der Waals surface area contributed by atoms with Crippen molar-refractivity contribution in [3.05, 3.63) is 140 Å². The lowest BCUT2D eigenvalue weighted by Gasteiger charge is -2.23. The Morgan fingerprint density at radius 2 is 1.00 bits per heavy atom. The molecule has 0 spiro atoms. The van der Waals surface area contributed by atoms with Crippen LogP contribution in [0.15, 0.2) is 140 Å². The molecule has 0 bridgehead atoms. The van der Waals surface area contributed by atoms with Crippen LogP contribution in [-0.4, -0.2) is 46.0 Å². The maximum absolute atomic E-state index is 11.7. The molecule has 0 fully saturated rings. The maximum atomic E-state index is 11.7. The minimum atomic E-state index is 0.368. The third-order valence-electron chi connectivity index (χ3n) is 10.8. The van der Waals surface area contributed by atoms with Crippen LogP contribution in [0.25, 0.3) is 82.7 Å². The topological polar surface area (TPSA) is 38.0 Å². The van der Waals surface area contributed by atoms with Crippen molar-refractivity contribution in [1.82, 2.24) is 9.55 Å². The zero-order valence-corrected chi connectivity index (χ0v) is 28.6. The van der Waals surface area contributed by atoms with E-state index in [-0.39, 0.29) is 0 Å². The van der Waals surface area contributed by atoms with Crippen LogP contribution >= 0.6 is 0 Å². The molecule has 1 N–H and O–H groups in total. The van der Waals surface area contributed by atoms with Gasteiger partial charge in [-0.3, -0.25) is 4.57 Å². The molecule has 50 heavy (non-hydrogen) atoms. The molecule has 0 radical (unpaired) electrons. The van der Waals surface area contributed by atoms with E-state index in [2.05, 4.69) is 162 Å². The van der Waals surface area contributed by atoms with Crippen LogP contribution in [0, 0.1) is 0 Å². The van der Waals surface area contributed by atoms with Gasteiger partial charge in [-0.05, 0) is 67.7 Å². The van der Waals surface area contributed by atoms with Crippen molar-refractivity contribution in [2.45, 2.75) is 0 Å². The fourth-order valence-electron chi connectivity index (χ4n) is 7.89. The Balaban J connectivity index is 1.25. The van der Waals surface area contributed by atoms with E-state index >= 15 is 0 Å². The van der Waals surface area contributed by atoms with Gasteiger partial charge in [0.25, 0.3) is 0 Å². The molecule has 8 aromatic carbocycles.